The molecule has 0 atom stereocenters. The van der Waals surface area contributed by atoms with Crippen LogP contribution in [0.25, 0.3) is 0 Å². The van der Waals surface area contributed by atoms with Crippen molar-refractivity contribution in [1.82, 2.24) is 10.2 Å². The number of hydrogen-bond donors (Lipinski definition) is 1. The second kappa shape index (κ2) is 6.60. The summed E-state index contributed by atoms with van der Waals surface area (Å²) in [5, 5.41) is 12.2. The van der Waals surface area contributed by atoms with E-state index in [0.29, 0.717) is 0 Å². The normalized spacial score (nSPS) is 17.7. The molecule has 0 aromatic rings. The highest BCUT2D eigenvalue weighted by atomic mass is 16.2. The first-order valence-electron chi connectivity index (χ1n) is 7.00. The van der Waals surface area contributed by atoms with Gasteiger partial charge in [-0.1, -0.05) is 19.3 Å². The van der Waals surface area contributed by atoms with Crippen molar-refractivity contribution in [3.63, 3.8) is 0 Å². The SMILES string of the molecule is CN(C(=O)/C(C#N)=C\NC(C)(C)C)C1CCCCC1. The molecular formula is C15H25N3O. The van der Waals surface area contributed by atoms with Gasteiger partial charge < -0.3 is 10.2 Å². The molecule has 1 N–H and O–H groups in total. The molecule has 106 valence electrons. The fourth-order valence-electron chi connectivity index (χ4n) is 2.25. The second-order valence-electron chi connectivity index (χ2n) is 6.27. The lowest BCUT2D eigenvalue weighted by atomic mass is 9.94. The van der Waals surface area contributed by atoms with Gasteiger partial charge in [0.25, 0.3) is 5.91 Å². The lowest BCUT2D eigenvalue weighted by Gasteiger charge is -2.31. The van der Waals surface area contributed by atoms with Gasteiger partial charge in [0.2, 0.25) is 0 Å². The van der Waals surface area contributed by atoms with Crippen LogP contribution < -0.4 is 5.32 Å². The van der Waals surface area contributed by atoms with Gasteiger partial charge in [-0.2, -0.15) is 5.26 Å². The van der Waals surface area contributed by atoms with Crippen LogP contribution in [0.2, 0.25) is 0 Å². The average molecular weight is 263 g/mol. The minimum atomic E-state index is -0.175. The molecule has 0 aliphatic heterocycles. The first-order valence-corrected chi connectivity index (χ1v) is 7.00. The summed E-state index contributed by atoms with van der Waals surface area (Å²) in [6.45, 7) is 5.98. The zero-order valence-electron chi connectivity index (χ0n) is 12.5. The standard InChI is InChI=1S/C15H25N3O/c1-15(2,3)17-11-12(10-16)14(19)18(4)13-8-6-5-7-9-13/h11,13,17H,5-9H2,1-4H3/b12-11-. The monoisotopic (exact) mass is 263 g/mol. The van der Waals surface area contributed by atoms with E-state index in [9.17, 15) is 4.79 Å². The van der Waals surface area contributed by atoms with Crippen molar-refractivity contribution < 1.29 is 4.79 Å². The number of carbonyl (C=O) groups excluding carboxylic acids is 1. The number of nitriles is 1. The number of nitrogens with one attached hydrogen (secondary N) is 1. The molecule has 0 aromatic heterocycles. The Bertz CT molecular complexity index is 381. The maximum absolute atomic E-state index is 12.3. The fraction of sp³-hybridized carbons (Fsp3) is 0.733. The predicted molar refractivity (Wildman–Crippen MR) is 76.2 cm³/mol. The molecule has 1 saturated carbocycles. The Morgan fingerprint density at radius 3 is 2.37 bits per heavy atom. The van der Waals surface area contributed by atoms with Gasteiger partial charge in [0, 0.05) is 24.8 Å². The van der Waals surface area contributed by atoms with E-state index in [4.69, 9.17) is 5.26 Å². The molecule has 0 unspecified atom stereocenters. The summed E-state index contributed by atoms with van der Waals surface area (Å²) in [6, 6.07) is 2.29. The van der Waals surface area contributed by atoms with Gasteiger partial charge in [-0.15, -0.1) is 0 Å². The molecule has 0 saturated heterocycles. The minimum absolute atomic E-state index is 0.147. The van der Waals surface area contributed by atoms with Crippen molar-refractivity contribution in [2.75, 3.05) is 7.05 Å². The Labute approximate surface area is 116 Å². The predicted octanol–water partition coefficient (Wildman–Crippen LogP) is 2.57. The van der Waals surface area contributed by atoms with Crippen LogP contribution in [0.5, 0.6) is 0 Å². The molecule has 4 nitrogen and oxygen atoms in total. The molecule has 19 heavy (non-hydrogen) atoms. The van der Waals surface area contributed by atoms with E-state index < -0.39 is 0 Å². The quantitative estimate of drug-likeness (QED) is 0.629. The van der Waals surface area contributed by atoms with Crippen LogP contribution >= 0.6 is 0 Å². The summed E-state index contributed by atoms with van der Waals surface area (Å²) in [6.07, 6.45) is 7.25. The number of amides is 1. The summed E-state index contributed by atoms with van der Waals surface area (Å²) in [5.74, 6) is -0.175. The van der Waals surface area contributed by atoms with Crippen molar-refractivity contribution in [2.24, 2.45) is 0 Å². The van der Waals surface area contributed by atoms with Gasteiger partial charge in [0.15, 0.2) is 0 Å². The molecule has 0 bridgehead atoms. The third-order valence-electron chi connectivity index (χ3n) is 3.44. The molecule has 1 aliphatic carbocycles. The van der Waals surface area contributed by atoms with Crippen LogP contribution in [0.4, 0.5) is 0 Å². The molecule has 0 spiro atoms. The van der Waals surface area contributed by atoms with Crippen LogP contribution in [0, 0.1) is 11.3 Å². The van der Waals surface area contributed by atoms with Crippen molar-refractivity contribution in [3.05, 3.63) is 11.8 Å². The number of likely N-dealkylation sites (N-methyl/N-ethyl adjacent to an activating group) is 1. The van der Waals surface area contributed by atoms with Crippen LogP contribution in [0.15, 0.2) is 11.8 Å². The third-order valence-corrected chi connectivity index (χ3v) is 3.44. The van der Waals surface area contributed by atoms with Gasteiger partial charge in [0.1, 0.15) is 11.6 Å². The van der Waals surface area contributed by atoms with E-state index in [1.165, 1.54) is 19.3 Å². The summed E-state index contributed by atoms with van der Waals surface area (Å²) < 4.78 is 0. The number of carbonyl (C=O) groups is 1. The molecule has 1 aliphatic rings. The molecule has 0 heterocycles. The summed E-state index contributed by atoms with van der Waals surface area (Å²) >= 11 is 0. The Morgan fingerprint density at radius 1 is 1.32 bits per heavy atom. The highest BCUT2D eigenvalue weighted by molar-refractivity contribution is 5.97. The zero-order chi connectivity index (χ0) is 14.5. The minimum Gasteiger partial charge on any atom is -0.385 e. The fourth-order valence-corrected chi connectivity index (χ4v) is 2.25. The summed E-state index contributed by atoms with van der Waals surface area (Å²) in [4.78, 5) is 14.0. The van der Waals surface area contributed by atoms with Crippen LogP contribution in [-0.4, -0.2) is 29.4 Å². The number of nitrogens with zero attached hydrogens (tertiary/aromatic N) is 2. The second-order valence-corrected chi connectivity index (χ2v) is 6.27. The Morgan fingerprint density at radius 2 is 1.89 bits per heavy atom. The lowest BCUT2D eigenvalue weighted by Crippen LogP contribution is -2.40. The molecule has 1 amide bonds. The Hall–Kier alpha value is -1.50. The average Bonchev–Trinajstić information content (AvgIpc) is 2.38. The van der Waals surface area contributed by atoms with Gasteiger partial charge in [-0.3, -0.25) is 4.79 Å². The van der Waals surface area contributed by atoms with Gasteiger partial charge in [-0.05, 0) is 33.6 Å². The highest BCUT2D eigenvalue weighted by Gasteiger charge is 2.24. The van der Waals surface area contributed by atoms with Crippen molar-refractivity contribution >= 4 is 5.91 Å². The third kappa shape index (κ3) is 4.94. The van der Waals surface area contributed by atoms with E-state index in [-0.39, 0.29) is 23.1 Å². The molecule has 0 radical (unpaired) electrons. The van der Waals surface area contributed by atoms with Crippen LogP contribution in [-0.2, 0) is 4.79 Å². The first kappa shape index (κ1) is 15.6. The molecular weight excluding hydrogens is 238 g/mol. The van der Waals surface area contributed by atoms with E-state index in [1.807, 2.05) is 26.8 Å². The first-order chi connectivity index (χ1) is 8.85. The Kier molecular flexibility index (Phi) is 5.41. The van der Waals surface area contributed by atoms with Crippen LogP contribution in [0.3, 0.4) is 0 Å². The number of hydrogen-bond acceptors (Lipinski definition) is 3. The zero-order valence-corrected chi connectivity index (χ0v) is 12.5. The van der Waals surface area contributed by atoms with E-state index in [2.05, 4.69) is 5.32 Å². The highest BCUT2D eigenvalue weighted by Crippen LogP contribution is 2.22. The smallest absolute Gasteiger partial charge is 0.265 e. The van der Waals surface area contributed by atoms with E-state index in [1.54, 1.807) is 18.1 Å². The van der Waals surface area contributed by atoms with Crippen molar-refractivity contribution in [1.29, 1.82) is 5.26 Å². The number of rotatable bonds is 3. The maximum Gasteiger partial charge on any atom is 0.265 e. The molecule has 1 fully saturated rings. The largest absolute Gasteiger partial charge is 0.385 e. The van der Waals surface area contributed by atoms with Gasteiger partial charge >= 0.3 is 0 Å². The van der Waals surface area contributed by atoms with E-state index in [0.717, 1.165) is 12.8 Å². The van der Waals surface area contributed by atoms with Crippen LogP contribution in [0.1, 0.15) is 52.9 Å². The van der Waals surface area contributed by atoms with Gasteiger partial charge in [0.05, 0.1) is 0 Å². The lowest BCUT2D eigenvalue weighted by molar-refractivity contribution is -0.128. The molecule has 0 aromatic carbocycles. The van der Waals surface area contributed by atoms with E-state index >= 15 is 0 Å². The van der Waals surface area contributed by atoms with Crippen molar-refractivity contribution in [3.8, 4) is 6.07 Å². The maximum atomic E-state index is 12.3. The summed E-state index contributed by atoms with van der Waals surface area (Å²) in [7, 11) is 1.81. The topological polar surface area (TPSA) is 56.1 Å². The molecule has 4 heteroatoms. The van der Waals surface area contributed by atoms with Crippen molar-refractivity contribution in [2.45, 2.75) is 64.5 Å². The summed E-state index contributed by atoms with van der Waals surface area (Å²) in [5.41, 5.74) is 0.0363. The molecule has 1 rings (SSSR count). The Balaban J connectivity index is 2.70. The van der Waals surface area contributed by atoms with Gasteiger partial charge in [-0.25, -0.2) is 0 Å².